The van der Waals surface area contributed by atoms with Crippen molar-refractivity contribution in [2.75, 3.05) is 6.54 Å². The second-order valence-electron chi connectivity index (χ2n) is 5.28. The monoisotopic (exact) mass is 300 g/mol. The number of nitrogens with one attached hydrogen (secondary N) is 2. The van der Waals surface area contributed by atoms with Crippen LogP contribution in [0.5, 0.6) is 0 Å². The molecule has 2 amide bonds. The summed E-state index contributed by atoms with van der Waals surface area (Å²) in [4.78, 5) is 36.1. The fourth-order valence-electron chi connectivity index (χ4n) is 2.52. The second kappa shape index (κ2) is 6.01. The third kappa shape index (κ3) is 2.86. The first kappa shape index (κ1) is 14.3. The number of carbonyl (C=O) groups is 2. The summed E-state index contributed by atoms with van der Waals surface area (Å²) in [6.45, 7) is 0.621. The zero-order valence-electron chi connectivity index (χ0n) is 11.9. The molecule has 1 fully saturated rings. The molecule has 2 aromatic rings. The molecule has 22 heavy (non-hydrogen) atoms. The lowest BCUT2D eigenvalue weighted by Crippen LogP contribution is -2.45. The molecule has 0 radical (unpaired) electrons. The van der Waals surface area contributed by atoms with Gasteiger partial charge in [-0.3, -0.25) is 14.4 Å². The lowest BCUT2D eigenvalue weighted by atomic mass is 10.1. The Hall–Kier alpha value is -2.63. The highest BCUT2D eigenvalue weighted by Gasteiger charge is 2.24. The maximum Gasteiger partial charge on any atom is 0.287 e. The molecule has 1 aromatic heterocycles. The Morgan fingerprint density at radius 3 is 2.91 bits per heavy atom. The van der Waals surface area contributed by atoms with E-state index in [9.17, 15) is 14.4 Å². The highest BCUT2D eigenvalue weighted by atomic mass is 16.3. The van der Waals surface area contributed by atoms with Gasteiger partial charge in [-0.1, -0.05) is 12.1 Å². The quantitative estimate of drug-likeness (QED) is 0.872. The van der Waals surface area contributed by atoms with Crippen LogP contribution in [0.2, 0.25) is 0 Å². The Balaban J connectivity index is 1.85. The molecule has 1 atom stereocenters. The molecule has 0 spiro atoms. The van der Waals surface area contributed by atoms with Crippen molar-refractivity contribution < 1.29 is 14.0 Å². The second-order valence-corrected chi connectivity index (χ2v) is 5.28. The number of benzene rings is 1. The van der Waals surface area contributed by atoms with Crippen molar-refractivity contribution in [3.63, 3.8) is 0 Å². The van der Waals surface area contributed by atoms with Gasteiger partial charge < -0.3 is 15.1 Å². The first-order valence-corrected chi connectivity index (χ1v) is 7.26. The van der Waals surface area contributed by atoms with Crippen LogP contribution in [0, 0.1) is 0 Å². The molecule has 0 saturated carbocycles. The van der Waals surface area contributed by atoms with E-state index in [1.165, 1.54) is 0 Å². The minimum atomic E-state index is -0.591. The molecule has 3 rings (SSSR count). The third-order valence-corrected chi connectivity index (χ3v) is 3.70. The summed E-state index contributed by atoms with van der Waals surface area (Å²) in [5, 5.41) is 5.80. The highest BCUT2D eigenvalue weighted by molar-refractivity contribution is 5.96. The SMILES string of the molecule is O=C(N[C@@H]1CCCCNC1=O)c1cc(=O)c2ccccc2o1. The van der Waals surface area contributed by atoms with Crippen LogP contribution in [-0.4, -0.2) is 24.4 Å². The van der Waals surface area contributed by atoms with Crippen LogP contribution >= 0.6 is 0 Å². The van der Waals surface area contributed by atoms with Crippen LogP contribution in [0.4, 0.5) is 0 Å². The average Bonchev–Trinajstić information content (AvgIpc) is 2.72. The fraction of sp³-hybridized carbons (Fsp3) is 0.312. The number of hydrogen-bond acceptors (Lipinski definition) is 4. The molecule has 2 N–H and O–H groups in total. The van der Waals surface area contributed by atoms with E-state index in [2.05, 4.69) is 10.6 Å². The molecule has 0 bridgehead atoms. The third-order valence-electron chi connectivity index (χ3n) is 3.70. The Morgan fingerprint density at radius 2 is 2.05 bits per heavy atom. The molecule has 1 aromatic carbocycles. The summed E-state index contributed by atoms with van der Waals surface area (Å²) in [5.41, 5.74) is 0.0720. The van der Waals surface area contributed by atoms with Crippen LogP contribution in [0.1, 0.15) is 29.8 Å². The smallest absolute Gasteiger partial charge is 0.287 e. The van der Waals surface area contributed by atoms with Gasteiger partial charge in [-0.25, -0.2) is 0 Å². The minimum Gasteiger partial charge on any atom is -0.451 e. The van der Waals surface area contributed by atoms with Crippen molar-refractivity contribution in [1.29, 1.82) is 0 Å². The van der Waals surface area contributed by atoms with Crippen LogP contribution in [0.3, 0.4) is 0 Å². The molecule has 2 heterocycles. The molecule has 114 valence electrons. The molecular formula is C16H16N2O4. The molecule has 1 aliphatic heterocycles. The van der Waals surface area contributed by atoms with Gasteiger partial charge >= 0.3 is 0 Å². The summed E-state index contributed by atoms with van der Waals surface area (Å²) in [5.74, 6) is -0.834. The van der Waals surface area contributed by atoms with E-state index in [1.54, 1.807) is 24.3 Å². The molecule has 0 aliphatic carbocycles. The van der Waals surface area contributed by atoms with Crippen LogP contribution in [-0.2, 0) is 4.79 Å². The van der Waals surface area contributed by atoms with Crippen LogP contribution in [0.25, 0.3) is 11.0 Å². The zero-order valence-corrected chi connectivity index (χ0v) is 11.9. The summed E-state index contributed by atoms with van der Waals surface area (Å²) in [7, 11) is 0. The van der Waals surface area contributed by atoms with Gasteiger partial charge in [-0.2, -0.15) is 0 Å². The van der Waals surface area contributed by atoms with E-state index in [4.69, 9.17) is 4.42 Å². The Bertz CT molecular complexity index is 781. The Labute approximate surface area is 126 Å². The number of carbonyl (C=O) groups excluding carboxylic acids is 2. The maximum atomic E-state index is 12.2. The summed E-state index contributed by atoms with van der Waals surface area (Å²) < 4.78 is 5.47. The van der Waals surface area contributed by atoms with Crippen LogP contribution < -0.4 is 16.1 Å². The number of amides is 2. The van der Waals surface area contributed by atoms with E-state index < -0.39 is 11.9 Å². The van der Waals surface area contributed by atoms with Gasteiger partial charge in [0.05, 0.1) is 5.39 Å². The Kier molecular flexibility index (Phi) is 3.91. The van der Waals surface area contributed by atoms with Crippen molar-refractivity contribution in [1.82, 2.24) is 10.6 Å². The molecular weight excluding hydrogens is 284 g/mol. The normalized spacial score (nSPS) is 18.5. The molecule has 6 heteroatoms. The van der Waals surface area contributed by atoms with Crippen molar-refractivity contribution in [3.05, 3.63) is 46.3 Å². The summed E-state index contributed by atoms with van der Waals surface area (Å²) in [6, 6.07) is 7.30. The summed E-state index contributed by atoms with van der Waals surface area (Å²) >= 11 is 0. The topological polar surface area (TPSA) is 88.4 Å². The van der Waals surface area contributed by atoms with E-state index in [1.807, 2.05) is 0 Å². The number of fused-ring (bicyclic) bond motifs is 1. The highest BCUT2D eigenvalue weighted by Crippen LogP contribution is 2.12. The first-order chi connectivity index (χ1) is 10.6. The van der Waals surface area contributed by atoms with Crippen molar-refractivity contribution in [3.8, 4) is 0 Å². The largest absolute Gasteiger partial charge is 0.451 e. The molecule has 0 unspecified atom stereocenters. The van der Waals surface area contributed by atoms with Gasteiger partial charge in [0.2, 0.25) is 5.91 Å². The lowest BCUT2D eigenvalue weighted by molar-refractivity contribution is -0.122. The van der Waals surface area contributed by atoms with Gasteiger partial charge in [0.15, 0.2) is 11.2 Å². The minimum absolute atomic E-state index is 0.0826. The summed E-state index contributed by atoms with van der Waals surface area (Å²) in [6.07, 6.45) is 2.32. The molecule has 6 nitrogen and oxygen atoms in total. The molecule has 1 saturated heterocycles. The van der Waals surface area contributed by atoms with Gasteiger partial charge in [-0.05, 0) is 31.4 Å². The van der Waals surface area contributed by atoms with Crippen molar-refractivity contribution in [2.45, 2.75) is 25.3 Å². The van der Waals surface area contributed by atoms with Gasteiger partial charge in [0, 0.05) is 12.6 Å². The number of rotatable bonds is 2. The van der Waals surface area contributed by atoms with E-state index >= 15 is 0 Å². The number of hydrogen-bond donors (Lipinski definition) is 2. The zero-order chi connectivity index (χ0) is 15.5. The predicted octanol–water partition coefficient (Wildman–Crippen LogP) is 1.19. The van der Waals surface area contributed by atoms with Crippen LogP contribution in [0.15, 0.2) is 39.5 Å². The fourth-order valence-corrected chi connectivity index (χ4v) is 2.52. The maximum absolute atomic E-state index is 12.2. The van der Waals surface area contributed by atoms with Gasteiger partial charge in [0.25, 0.3) is 5.91 Å². The van der Waals surface area contributed by atoms with Crippen molar-refractivity contribution in [2.24, 2.45) is 0 Å². The van der Waals surface area contributed by atoms with Gasteiger partial charge in [-0.15, -0.1) is 0 Å². The van der Waals surface area contributed by atoms with E-state index in [0.717, 1.165) is 18.9 Å². The van der Waals surface area contributed by atoms with Gasteiger partial charge in [0.1, 0.15) is 11.6 Å². The van der Waals surface area contributed by atoms with Crippen molar-refractivity contribution >= 4 is 22.8 Å². The first-order valence-electron chi connectivity index (χ1n) is 7.26. The van der Waals surface area contributed by atoms with E-state index in [0.29, 0.717) is 23.9 Å². The Morgan fingerprint density at radius 1 is 1.23 bits per heavy atom. The number of para-hydroxylation sites is 1. The predicted molar refractivity (Wildman–Crippen MR) is 80.6 cm³/mol. The lowest BCUT2D eigenvalue weighted by Gasteiger charge is -2.14. The molecule has 1 aliphatic rings. The average molecular weight is 300 g/mol. The standard InChI is InChI=1S/C16H16N2O4/c19-12-9-14(22-13-7-2-1-5-10(12)13)16(21)18-11-6-3-4-8-17-15(11)20/h1-2,5,7,9,11H,3-4,6,8H2,(H,17,20)(H,18,21)/t11-/m1/s1. The van der Waals surface area contributed by atoms with E-state index in [-0.39, 0.29) is 17.1 Å².